The smallest absolute Gasteiger partial charge is 0.322 e. The molecule has 0 aromatic heterocycles. The topological polar surface area (TPSA) is 53.9 Å². The highest BCUT2D eigenvalue weighted by Crippen LogP contribution is 2.20. The molecule has 4 rings (SSSR count). The highest BCUT2D eigenvalue weighted by molar-refractivity contribution is 6.01. The van der Waals surface area contributed by atoms with Crippen LogP contribution < -0.4 is 5.32 Å². The molecule has 1 N–H and O–H groups in total. The number of aryl methyl sites for hydroxylation is 2. The molecule has 1 aliphatic heterocycles. The quantitative estimate of drug-likeness (QED) is 0.519. The molecule has 0 unspecified atom stereocenters. The molecule has 5 nitrogen and oxygen atoms in total. The summed E-state index contributed by atoms with van der Waals surface area (Å²) in [6.45, 7) is 5.13. The van der Waals surface area contributed by atoms with E-state index < -0.39 is 0 Å². The third-order valence-corrected chi connectivity index (χ3v) is 5.66. The molecule has 0 spiro atoms. The normalized spacial score (nSPS) is 15.1. The van der Waals surface area contributed by atoms with Gasteiger partial charge in [-0.05, 0) is 42.2 Å². The minimum atomic E-state index is -0.178. The molecule has 0 saturated heterocycles. The first-order chi connectivity index (χ1) is 15.6. The number of benzene rings is 3. The number of urea groups is 1. The lowest BCUT2D eigenvalue weighted by Crippen LogP contribution is -2.40. The van der Waals surface area contributed by atoms with E-state index in [1.165, 1.54) is 11.1 Å². The monoisotopic (exact) mass is 427 g/mol. The summed E-state index contributed by atoms with van der Waals surface area (Å²) in [7, 11) is 0. The molecule has 3 aromatic rings. The van der Waals surface area contributed by atoms with Crippen molar-refractivity contribution < 1.29 is 9.63 Å². The summed E-state index contributed by atoms with van der Waals surface area (Å²) < 4.78 is 0. The summed E-state index contributed by atoms with van der Waals surface area (Å²) in [5, 5.41) is 7.33. The zero-order valence-electron chi connectivity index (χ0n) is 18.6. The molecule has 2 amide bonds. The van der Waals surface area contributed by atoms with Crippen molar-refractivity contribution in [2.45, 2.75) is 39.3 Å². The van der Waals surface area contributed by atoms with Crippen LogP contribution in [0, 0.1) is 6.92 Å². The number of nitrogens with zero attached hydrogens (tertiary/aromatic N) is 2. The Kier molecular flexibility index (Phi) is 6.85. The standard InChI is InChI=1S/C27H29N3O2/c1-3-21-11-15-24(16-12-21)28-27(31)30(18-22-7-5-4-6-8-22)19-25-17-26(29-32-25)23-13-9-20(2)10-14-23/h4-16,25H,3,17-19H2,1-2H3,(H,28,31)/t25-/m1/s1. The van der Waals surface area contributed by atoms with Crippen molar-refractivity contribution in [3.8, 4) is 0 Å². The van der Waals surface area contributed by atoms with Crippen LogP contribution >= 0.6 is 0 Å². The van der Waals surface area contributed by atoms with Crippen LogP contribution in [0.15, 0.2) is 84.0 Å². The van der Waals surface area contributed by atoms with Gasteiger partial charge in [0.1, 0.15) is 0 Å². The van der Waals surface area contributed by atoms with Crippen molar-refractivity contribution in [1.29, 1.82) is 0 Å². The lowest BCUT2D eigenvalue weighted by atomic mass is 10.0. The summed E-state index contributed by atoms with van der Waals surface area (Å²) in [5.74, 6) is 0. The first kappa shape index (κ1) is 21.6. The molecule has 0 bridgehead atoms. The van der Waals surface area contributed by atoms with Crippen molar-refractivity contribution in [2.75, 3.05) is 11.9 Å². The van der Waals surface area contributed by atoms with Gasteiger partial charge in [0.2, 0.25) is 0 Å². The number of nitrogens with one attached hydrogen (secondary N) is 1. The third-order valence-electron chi connectivity index (χ3n) is 5.66. The second-order valence-electron chi connectivity index (χ2n) is 8.18. The van der Waals surface area contributed by atoms with E-state index in [1.807, 2.05) is 54.6 Å². The molecule has 1 atom stereocenters. The summed E-state index contributed by atoms with van der Waals surface area (Å²) in [6.07, 6.45) is 1.46. The average molecular weight is 428 g/mol. The van der Waals surface area contributed by atoms with E-state index in [2.05, 4.69) is 48.6 Å². The van der Waals surface area contributed by atoms with Crippen molar-refractivity contribution in [2.24, 2.45) is 5.16 Å². The van der Waals surface area contributed by atoms with Crippen LogP contribution in [0.5, 0.6) is 0 Å². The minimum Gasteiger partial charge on any atom is -0.390 e. The summed E-state index contributed by atoms with van der Waals surface area (Å²) in [6, 6.07) is 26.1. The number of amides is 2. The fourth-order valence-corrected chi connectivity index (χ4v) is 3.74. The van der Waals surface area contributed by atoms with Gasteiger partial charge in [0.05, 0.1) is 12.3 Å². The molecular formula is C27H29N3O2. The number of hydrogen-bond acceptors (Lipinski definition) is 3. The second kappa shape index (κ2) is 10.1. The third kappa shape index (κ3) is 5.55. The summed E-state index contributed by atoms with van der Waals surface area (Å²) >= 11 is 0. The molecule has 5 heteroatoms. The number of hydrogen-bond donors (Lipinski definition) is 1. The van der Waals surface area contributed by atoms with Crippen LogP contribution in [-0.2, 0) is 17.8 Å². The maximum absolute atomic E-state index is 13.2. The van der Waals surface area contributed by atoms with Gasteiger partial charge in [-0.25, -0.2) is 4.79 Å². The molecular weight excluding hydrogens is 398 g/mol. The van der Waals surface area contributed by atoms with Crippen LogP contribution in [0.2, 0.25) is 0 Å². The molecule has 0 fully saturated rings. The lowest BCUT2D eigenvalue weighted by molar-refractivity contribution is 0.0608. The number of oxime groups is 1. The first-order valence-electron chi connectivity index (χ1n) is 11.1. The van der Waals surface area contributed by atoms with E-state index in [9.17, 15) is 4.79 Å². The minimum absolute atomic E-state index is 0.148. The van der Waals surface area contributed by atoms with Gasteiger partial charge in [0, 0.05) is 18.7 Å². The van der Waals surface area contributed by atoms with Crippen LogP contribution in [0.3, 0.4) is 0 Å². The van der Waals surface area contributed by atoms with Gasteiger partial charge < -0.3 is 15.1 Å². The molecule has 1 aliphatic rings. The fraction of sp³-hybridized carbons (Fsp3) is 0.259. The Morgan fingerprint density at radius 2 is 1.72 bits per heavy atom. The van der Waals surface area contributed by atoms with E-state index in [0.29, 0.717) is 19.5 Å². The number of carbonyl (C=O) groups excluding carboxylic acids is 1. The highest BCUT2D eigenvalue weighted by atomic mass is 16.6. The van der Waals surface area contributed by atoms with E-state index in [-0.39, 0.29) is 12.1 Å². The van der Waals surface area contributed by atoms with Crippen molar-refractivity contribution >= 4 is 17.4 Å². The van der Waals surface area contributed by atoms with Gasteiger partial charge >= 0.3 is 6.03 Å². The molecule has 32 heavy (non-hydrogen) atoms. The predicted octanol–water partition coefficient (Wildman–Crippen LogP) is 5.78. The van der Waals surface area contributed by atoms with Crippen LogP contribution in [-0.4, -0.2) is 29.3 Å². The second-order valence-corrected chi connectivity index (χ2v) is 8.18. The average Bonchev–Trinajstić information content (AvgIpc) is 3.29. The number of carbonyl (C=O) groups is 1. The van der Waals surface area contributed by atoms with Gasteiger partial charge in [-0.1, -0.05) is 84.4 Å². The van der Waals surface area contributed by atoms with Gasteiger partial charge in [-0.2, -0.15) is 0 Å². The maximum atomic E-state index is 13.2. The predicted molar refractivity (Wildman–Crippen MR) is 129 cm³/mol. The summed E-state index contributed by atoms with van der Waals surface area (Å²) in [5.41, 5.74) is 6.29. The lowest BCUT2D eigenvalue weighted by Gasteiger charge is -2.25. The Balaban J connectivity index is 1.44. The molecule has 3 aromatic carbocycles. The van der Waals surface area contributed by atoms with E-state index >= 15 is 0 Å². The van der Waals surface area contributed by atoms with Crippen LogP contribution in [0.25, 0.3) is 0 Å². The van der Waals surface area contributed by atoms with Crippen molar-refractivity contribution in [1.82, 2.24) is 4.90 Å². The Morgan fingerprint density at radius 1 is 1.00 bits per heavy atom. The van der Waals surface area contributed by atoms with E-state index in [1.54, 1.807) is 4.90 Å². The number of anilines is 1. The van der Waals surface area contributed by atoms with Crippen molar-refractivity contribution in [3.63, 3.8) is 0 Å². The Hall–Kier alpha value is -3.60. The van der Waals surface area contributed by atoms with Gasteiger partial charge in [-0.15, -0.1) is 0 Å². The van der Waals surface area contributed by atoms with E-state index in [4.69, 9.17) is 4.84 Å². The molecule has 164 valence electrons. The molecule has 0 radical (unpaired) electrons. The van der Waals surface area contributed by atoms with Gasteiger partial charge in [-0.3, -0.25) is 0 Å². The fourth-order valence-electron chi connectivity index (χ4n) is 3.74. The zero-order chi connectivity index (χ0) is 22.3. The molecule has 1 heterocycles. The van der Waals surface area contributed by atoms with Crippen LogP contribution in [0.4, 0.5) is 10.5 Å². The Morgan fingerprint density at radius 3 is 2.41 bits per heavy atom. The number of rotatable bonds is 7. The largest absolute Gasteiger partial charge is 0.390 e. The van der Waals surface area contributed by atoms with Gasteiger partial charge in [0.25, 0.3) is 0 Å². The van der Waals surface area contributed by atoms with E-state index in [0.717, 1.165) is 28.9 Å². The zero-order valence-corrected chi connectivity index (χ0v) is 18.6. The summed E-state index contributed by atoms with van der Waals surface area (Å²) in [4.78, 5) is 20.7. The molecule has 0 aliphatic carbocycles. The Bertz CT molecular complexity index is 1060. The molecule has 0 saturated carbocycles. The van der Waals surface area contributed by atoms with Gasteiger partial charge in [0.15, 0.2) is 6.10 Å². The highest BCUT2D eigenvalue weighted by Gasteiger charge is 2.27. The first-order valence-corrected chi connectivity index (χ1v) is 11.1. The van der Waals surface area contributed by atoms with Crippen molar-refractivity contribution in [3.05, 3.63) is 101 Å². The Labute approximate surface area is 189 Å². The van der Waals surface area contributed by atoms with Crippen LogP contribution in [0.1, 0.15) is 35.6 Å². The maximum Gasteiger partial charge on any atom is 0.322 e. The SMILES string of the molecule is CCc1ccc(NC(=O)N(Cc2ccccc2)C[C@H]2CC(c3ccc(C)cc3)=NO2)cc1.